The van der Waals surface area contributed by atoms with Crippen molar-refractivity contribution in [3.05, 3.63) is 35.9 Å². The molecule has 0 bridgehead atoms. The van der Waals surface area contributed by atoms with Crippen molar-refractivity contribution in [2.45, 2.75) is 13.8 Å². The number of carboxylic acid groups (broad SMARTS) is 1. The number of para-hydroxylation sites is 1. The van der Waals surface area contributed by atoms with Crippen molar-refractivity contribution in [2.24, 2.45) is 0 Å². The van der Waals surface area contributed by atoms with Crippen LogP contribution in [-0.4, -0.2) is 23.4 Å². The molecule has 2 N–H and O–H groups in total. The maximum absolute atomic E-state index is 11.0. The van der Waals surface area contributed by atoms with Gasteiger partial charge in [-0.1, -0.05) is 18.2 Å². The topological polar surface area (TPSA) is 66.4 Å². The van der Waals surface area contributed by atoms with Crippen LogP contribution < -0.4 is 34.9 Å². The van der Waals surface area contributed by atoms with E-state index in [1.165, 1.54) is 13.0 Å². The number of nitrogens with one attached hydrogen (secondary N) is 1. The van der Waals surface area contributed by atoms with Gasteiger partial charge >= 0.3 is 35.5 Å². The maximum Gasteiger partial charge on any atom is 1.00 e. The first-order valence-electron chi connectivity index (χ1n) is 5.24. The van der Waals surface area contributed by atoms with Crippen LogP contribution in [0.3, 0.4) is 0 Å². The molecule has 0 spiro atoms. The molecule has 0 aliphatic rings. The Balaban J connectivity index is 0. The minimum atomic E-state index is -0.923. The van der Waals surface area contributed by atoms with E-state index in [4.69, 9.17) is 5.11 Å². The Morgan fingerprint density at radius 3 is 2.50 bits per heavy atom. The van der Waals surface area contributed by atoms with Gasteiger partial charge in [0.25, 0.3) is 0 Å². The van der Waals surface area contributed by atoms with Crippen LogP contribution in [0, 0.1) is 0 Å². The SMILES string of the molecule is CC(=O)/C=C(\C)c1ccccc1NCC(=O)O.[H-].[Na+]. The summed E-state index contributed by atoms with van der Waals surface area (Å²) in [5, 5.41) is 11.4. The number of carboxylic acids is 1. The molecule has 0 aliphatic carbocycles. The molecule has 0 heterocycles. The quantitative estimate of drug-likeness (QED) is 0.540. The fourth-order valence-corrected chi connectivity index (χ4v) is 1.53. The molecule has 0 aliphatic heterocycles. The van der Waals surface area contributed by atoms with Crippen LogP contribution in [-0.2, 0) is 9.59 Å². The summed E-state index contributed by atoms with van der Waals surface area (Å²) in [5.74, 6) is -0.955. The number of allylic oxidation sites excluding steroid dienone is 2. The van der Waals surface area contributed by atoms with Gasteiger partial charge in [-0.05, 0) is 31.6 Å². The molecular weight excluding hydrogens is 241 g/mol. The van der Waals surface area contributed by atoms with Gasteiger partial charge in [0.2, 0.25) is 0 Å². The van der Waals surface area contributed by atoms with E-state index in [-0.39, 0.29) is 43.3 Å². The zero-order chi connectivity index (χ0) is 12.8. The number of ketones is 1. The van der Waals surface area contributed by atoms with E-state index in [1.807, 2.05) is 25.1 Å². The van der Waals surface area contributed by atoms with Crippen molar-refractivity contribution in [3.63, 3.8) is 0 Å². The monoisotopic (exact) mass is 257 g/mol. The number of anilines is 1. The van der Waals surface area contributed by atoms with E-state index in [9.17, 15) is 9.59 Å². The molecule has 5 heteroatoms. The fraction of sp³-hybridized carbons (Fsp3) is 0.231. The number of aliphatic carboxylic acids is 1. The summed E-state index contributed by atoms with van der Waals surface area (Å²) in [4.78, 5) is 21.5. The van der Waals surface area contributed by atoms with Crippen molar-refractivity contribution in [3.8, 4) is 0 Å². The zero-order valence-electron chi connectivity index (χ0n) is 11.9. The van der Waals surface area contributed by atoms with E-state index in [0.717, 1.165) is 11.1 Å². The van der Waals surface area contributed by atoms with Gasteiger partial charge < -0.3 is 11.8 Å². The maximum atomic E-state index is 11.0. The summed E-state index contributed by atoms with van der Waals surface area (Å²) >= 11 is 0. The first kappa shape index (κ1) is 16.9. The van der Waals surface area contributed by atoms with Gasteiger partial charge in [-0.15, -0.1) is 0 Å². The van der Waals surface area contributed by atoms with E-state index < -0.39 is 5.97 Å². The van der Waals surface area contributed by atoms with Gasteiger partial charge in [0.1, 0.15) is 6.54 Å². The Kier molecular flexibility index (Phi) is 7.59. The Bertz CT molecular complexity index is 475. The molecule has 0 aromatic heterocycles. The van der Waals surface area contributed by atoms with Gasteiger partial charge in [-0.3, -0.25) is 9.59 Å². The third-order valence-electron chi connectivity index (χ3n) is 2.20. The fourth-order valence-electron chi connectivity index (χ4n) is 1.53. The molecule has 0 amide bonds. The Morgan fingerprint density at radius 2 is 1.94 bits per heavy atom. The van der Waals surface area contributed by atoms with Crippen molar-refractivity contribution in [1.29, 1.82) is 0 Å². The van der Waals surface area contributed by atoms with Crippen LogP contribution in [0.1, 0.15) is 20.8 Å². The number of carbonyl (C=O) groups excluding carboxylic acids is 1. The Labute approximate surface area is 130 Å². The minimum Gasteiger partial charge on any atom is -1.00 e. The zero-order valence-corrected chi connectivity index (χ0v) is 12.9. The molecule has 0 fully saturated rings. The predicted molar refractivity (Wildman–Crippen MR) is 68.0 cm³/mol. The van der Waals surface area contributed by atoms with Crippen molar-refractivity contribution < 1.29 is 45.7 Å². The normalized spacial score (nSPS) is 10.4. The molecular formula is C13H16NNaO3. The summed E-state index contributed by atoms with van der Waals surface area (Å²) in [6.45, 7) is 3.16. The van der Waals surface area contributed by atoms with Crippen LogP contribution >= 0.6 is 0 Å². The third-order valence-corrected chi connectivity index (χ3v) is 2.20. The van der Waals surface area contributed by atoms with Gasteiger partial charge in [0.15, 0.2) is 5.78 Å². The molecule has 1 aromatic carbocycles. The van der Waals surface area contributed by atoms with Crippen LogP contribution in [0.25, 0.3) is 5.57 Å². The van der Waals surface area contributed by atoms with Crippen LogP contribution in [0.5, 0.6) is 0 Å². The Morgan fingerprint density at radius 1 is 1.33 bits per heavy atom. The summed E-state index contributed by atoms with van der Waals surface area (Å²) in [6.07, 6.45) is 1.53. The first-order valence-corrected chi connectivity index (χ1v) is 5.24. The Hall–Kier alpha value is -1.10. The summed E-state index contributed by atoms with van der Waals surface area (Å²) < 4.78 is 0. The third kappa shape index (κ3) is 5.49. The van der Waals surface area contributed by atoms with E-state index >= 15 is 0 Å². The van der Waals surface area contributed by atoms with E-state index in [2.05, 4.69) is 5.32 Å². The molecule has 0 unspecified atom stereocenters. The smallest absolute Gasteiger partial charge is 1.00 e. The second-order valence-corrected chi connectivity index (χ2v) is 3.73. The standard InChI is InChI=1S/C13H15NO3.Na.H/c1-9(7-10(2)15)11-5-3-4-6-12(11)14-8-13(16)17;;/h3-7,14H,8H2,1-2H3,(H,16,17);;/q;+1;-1/b9-7+;;. The number of hydrogen-bond donors (Lipinski definition) is 2. The predicted octanol–water partition coefficient (Wildman–Crippen LogP) is -0.708. The second-order valence-electron chi connectivity index (χ2n) is 3.73. The molecule has 1 rings (SSSR count). The number of hydrogen-bond acceptors (Lipinski definition) is 3. The number of benzene rings is 1. The number of carbonyl (C=O) groups is 2. The summed E-state index contributed by atoms with van der Waals surface area (Å²) in [6, 6.07) is 7.29. The second kappa shape index (κ2) is 8.08. The van der Waals surface area contributed by atoms with Gasteiger partial charge in [0, 0.05) is 11.3 Å². The van der Waals surface area contributed by atoms with Crippen molar-refractivity contribution in [2.75, 3.05) is 11.9 Å². The molecule has 18 heavy (non-hydrogen) atoms. The largest absolute Gasteiger partial charge is 1.00 e. The molecule has 0 saturated carbocycles. The molecule has 92 valence electrons. The molecule has 0 saturated heterocycles. The van der Waals surface area contributed by atoms with Crippen LogP contribution in [0.15, 0.2) is 30.3 Å². The van der Waals surface area contributed by atoms with E-state index in [1.54, 1.807) is 6.07 Å². The molecule has 0 radical (unpaired) electrons. The number of rotatable bonds is 5. The van der Waals surface area contributed by atoms with Crippen LogP contribution in [0.2, 0.25) is 0 Å². The first-order chi connectivity index (χ1) is 8.00. The van der Waals surface area contributed by atoms with Crippen molar-refractivity contribution >= 4 is 23.0 Å². The van der Waals surface area contributed by atoms with Gasteiger partial charge in [-0.25, -0.2) is 0 Å². The molecule has 1 aromatic rings. The van der Waals surface area contributed by atoms with Crippen molar-refractivity contribution in [1.82, 2.24) is 0 Å². The molecule has 0 atom stereocenters. The summed E-state index contributed by atoms with van der Waals surface area (Å²) in [7, 11) is 0. The molecule has 4 nitrogen and oxygen atoms in total. The average Bonchev–Trinajstić information content (AvgIpc) is 2.25. The summed E-state index contributed by atoms with van der Waals surface area (Å²) in [5.41, 5.74) is 2.36. The average molecular weight is 257 g/mol. The van der Waals surface area contributed by atoms with Crippen LogP contribution in [0.4, 0.5) is 5.69 Å². The van der Waals surface area contributed by atoms with E-state index in [0.29, 0.717) is 5.69 Å². The van der Waals surface area contributed by atoms with Gasteiger partial charge in [-0.2, -0.15) is 0 Å². The minimum absolute atomic E-state index is 0. The van der Waals surface area contributed by atoms with Gasteiger partial charge in [0.05, 0.1) is 0 Å².